The lowest BCUT2D eigenvalue weighted by atomic mass is 9.44. The Bertz CT molecular complexity index is 912. The molecule has 1 aromatic heterocycles. The maximum atomic E-state index is 12.1. The Morgan fingerprint density at radius 3 is 2.76 bits per heavy atom. The summed E-state index contributed by atoms with van der Waals surface area (Å²) in [6.07, 6.45) is 13.8. The third-order valence-electron chi connectivity index (χ3n) is 10.9. The molecule has 0 spiro atoms. The number of fused-ring (bicyclic) bond motifs is 6. The van der Waals surface area contributed by atoms with Gasteiger partial charge in [0, 0.05) is 12.1 Å². The van der Waals surface area contributed by atoms with E-state index in [1.165, 1.54) is 62.6 Å². The number of rotatable bonds is 6. The molecule has 8 atom stereocenters. The van der Waals surface area contributed by atoms with Crippen LogP contribution in [0.3, 0.4) is 0 Å². The molecular formula is C27H41N3O3. The van der Waals surface area contributed by atoms with Crippen LogP contribution in [0, 0.1) is 46.3 Å². The zero-order chi connectivity index (χ0) is 23.4. The van der Waals surface area contributed by atoms with Crippen LogP contribution in [0.4, 0.5) is 0 Å². The second kappa shape index (κ2) is 8.42. The number of carbonyl (C=O) groups is 2. The Labute approximate surface area is 197 Å². The molecule has 3 fully saturated rings. The summed E-state index contributed by atoms with van der Waals surface area (Å²) in [5.41, 5.74) is 3.64. The highest BCUT2D eigenvalue weighted by Gasteiger charge is 2.60. The SMILES string of the molecule is C[C@H](CCC(=O)NCC(=O)O)C1CCC2C3CCC4Cc5[nH]ncc5C[C@]4(C)C3CC[C@@]21C. The number of H-pyrrole nitrogens is 1. The minimum Gasteiger partial charge on any atom is -0.480 e. The highest BCUT2D eigenvalue weighted by molar-refractivity contribution is 5.81. The molecule has 4 aliphatic carbocycles. The normalized spacial score (nSPS) is 40.2. The lowest BCUT2D eigenvalue weighted by molar-refractivity contribution is -0.138. The van der Waals surface area contributed by atoms with Gasteiger partial charge in [0.1, 0.15) is 6.54 Å². The van der Waals surface area contributed by atoms with Crippen LogP contribution in [0.1, 0.15) is 83.4 Å². The van der Waals surface area contributed by atoms with Crippen molar-refractivity contribution in [2.45, 2.75) is 85.0 Å². The molecule has 3 saturated carbocycles. The third-order valence-corrected chi connectivity index (χ3v) is 10.9. The summed E-state index contributed by atoms with van der Waals surface area (Å²) in [5, 5.41) is 18.9. The minimum atomic E-state index is -0.982. The number of nitrogens with zero attached hydrogens (tertiary/aromatic N) is 1. The number of nitrogens with one attached hydrogen (secondary N) is 2. The number of carboxylic acids is 1. The van der Waals surface area contributed by atoms with Gasteiger partial charge in [-0.05, 0) is 110 Å². The summed E-state index contributed by atoms with van der Waals surface area (Å²) >= 11 is 0. The lowest BCUT2D eigenvalue weighted by Gasteiger charge is -2.60. The molecule has 182 valence electrons. The number of aromatic nitrogens is 2. The van der Waals surface area contributed by atoms with E-state index in [1.54, 1.807) is 0 Å². The van der Waals surface area contributed by atoms with Crippen molar-refractivity contribution in [2.75, 3.05) is 6.54 Å². The Morgan fingerprint density at radius 1 is 1.18 bits per heavy atom. The molecule has 0 radical (unpaired) electrons. The Hall–Kier alpha value is -1.85. The fourth-order valence-corrected chi connectivity index (χ4v) is 9.27. The number of aromatic amines is 1. The number of hydrogen-bond donors (Lipinski definition) is 3. The number of carbonyl (C=O) groups excluding carboxylic acids is 1. The molecule has 1 amide bonds. The lowest BCUT2D eigenvalue weighted by Crippen LogP contribution is -2.54. The molecule has 6 nitrogen and oxygen atoms in total. The number of amides is 1. The first kappa shape index (κ1) is 22.9. The third kappa shape index (κ3) is 3.81. The van der Waals surface area contributed by atoms with Gasteiger partial charge in [-0.15, -0.1) is 0 Å². The molecule has 0 saturated heterocycles. The van der Waals surface area contributed by atoms with Crippen LogP contribution in [-0.4, -0.2) is 33.7 Å². The van der Waals surface area contributed by atoms with Gasteiger partial charge in [0.15, 0.2) is 0 Å². The van der Waals surface area contributed by atoms with Gasteiger partial charge < -0.3 is 10.4 Å². The standard InChI is InChI=1S/C27H41N3O3/c1-16(4-9-24(31)28-15-25(32)33)20-7-8-21-19-6-5-18-12-23-17(14-29-30-23)13-27(18,3)22(19)10-11-26(20,21)2/h14,16,18-22H,4-13,15H2,1-3H3,(H,28,31)(H,29,30)(H,32,33)/t16-,18?,19?,20?,21?,22?,26-,27+/m1/s1. The van der Waals surface area contributed by atoms with Crippen molar-refractivity contribution in [1.29, 1.82) is 0 Å². The van der Waals surface area contributed by atoms with Crippen LogP contribution in [0.2, 0.25) is 0 Å². The average molecular weight is 456 g/mol. The zero-order valence-electron chi connectivity index (χ0n) is 20.5. The quantitative estimate of drug-likeness (QED) is 0.584. The second-order valence-corrected chi connectivity index (χ2v) is 12.3. The molecule has 5 rings (SSSR count). The minimum absolute atomic E-state index is 0.130. The van der Waals surface area contributed by atoms with Gasteiger partial charge in [0.05, 0.1) is 6.20 Å². The van der Waals surface area contributed by atoms with E-state index in [-0.39, 0.29) is 12.5 Å². The Balaban J connectivity index is 1.26. The van der Waals surface area contributed by atoms with Gasteiger partial charge in [-0.3, -0.25) is 14.7 Å². The van der Waals surface area contributed by atoms with E-state index in [2.05, 4.69) is 42.5 Å². The van der Waals surface area contributed by atoms with E-state index < -0.39 is 5.97 Å². The van der Waals surface area contributed by atoms with E-state index in [4.69, 9.17) is 5.11 Å². The van der Waals surface area contributed by atoms with Crippen LogP contribution in [0.5, 0.6) is 0 Å². The van der Waals surface area contributed by atoms with Crippen molar-refractivity contribution in [2.24, 2.45) is 46.3 Å². The van der Waals surface area contributed by atoms with Crippen LogP contribution >= 0.6 is 0 Å². The van der Waals surface area contributed by atoms with E-state index >= 15 is 0 Å². The summed E-state index contributed by atoms with van der Waals surface area (Å²) in [6.45, 7) is 7.21. The first-order chi connectivity index (χ1) is 15.7. The summed E-state index contributed by atoms with van der Waals surface area (Å²) < 4.78 is 0. The molecule has 3 N–H and O–H groups in total. The van der Waals surface area contributed by atoms with Crippen molar-refractivity contribution in [1.82, 2.24) is 15.5 Å². The summed E-state index contributed by atoms with van der Waals surface area (Å²) in [6, 6.07) is 0. The predicted octanol–water partition coefficient (Wildman–Crippen LogP) is 4.60. The van der Waals surface area contributed by atoms with Crippen LogP contribution in [0.15, 0.2) is 6.20 Å². The zero-order valence-corrected chi connectivity index (χ0v) is 20.5. The topological polar surface area (TPSA) is 95.1 Å². The molecule has 4 aliphatic rings. The fraction of sp³-hybridized carbons (Fsp3) is 0.815. The second-order valence-electron chi connectivity index (χ2n) is 12.3. The van der Waals surface area contributed by atoms with Crippen molar-refractivity contribution in [3.8, 4) is 0 Å². The Kier molecular flexibility index (Phi) is 5.85. The average Bonchev–Trinajstić information content (AvgIpc) is 3.37. The maximum absolute atomic E-state index is 12.1. The molecule has 0 aromatic carbocycles. The van der Waals surface area contributed by atoms with Gasteiger partial charge in [0.2, 0.25) is 5.91 Å². The molecule has 33 heavy (non-hydrogen) atoms. The molecular weight excluding hydrogens is 414 g/mol. The molecule has 0 aliphatic heterocycles. The largest absolute Gasteiger partial charge is 0.480 e. The highest BCUT2D eigenvalue weighted by atomic mass is 16.4. The monoisotopic (exact) mass is 455 g/mol. The van der Waals surface area contributed by atoms with E-state index in [0.29, 0.717) is 29.1 Å². The highest BCUT2D eigenvalue weighted by Crippen LogP contribution is 2.67. The molecule has 5 unspecified atom stereocenters. The van der Waals surface area contributed by atoms with Crippen LogP contribution < -0.4 is 5.32 Å². The fourth-order valence-electron chi connectivity index (χ4n) is 9.27. The van der Waals surface area contributed by atoms with Crippen molar-refractivity contribution < 1.29 is 14.7 Å². The van der Waals surface area contributed by atoms with Crippen LogP contribution in [0.25, 0.3) is 0 Å². The van der Waals surface area contributed by atoms with Gasteiger partial charge in [0.25, 0.3) is 0 Å². The number of hydrogen-bond acceptors (Lipinski definition) is 3. The van der Waals surface area contributed by atoms with Gasteiger partial charge in [-0.2, -0.15) is 5.10 Å². The molecule has 1 aromatic rings. The van der Waals surface area contributed by atoms with Crippen molar-refractivity contribution >= 4 is 11.9 Å². The van der Waals surface area contributed by atoms with Gasteiger partial charge in [-0.25, -0.2) is 0 Å². The summed E-state index contributed by atoms with van der Waals surface area (Å²) in [5.74, 6) is 3.34. The van der Waals surface area contributed by atoms with Gasteiger partial charge in [-0.1, -0.05) is 20.8 Å². The first-order valence-electron chi connectivity index (χ1n) is 13.2. The van der Waals surface area contributed by atoms with E-state index in [9.17, 15) is 9.59 Å². The number of aliphatic carboxylic acids is 1. The Morgan fingerprint density at radius 2 is 1.97 bits per heavy atom. The number of carboxylic acid groups (broad SMARTS) is 1. The predicted molar refractivity (Wildman–Crippen MR) is 126 cm³/mol. The summed E-state index contributed by atoms with van der Waals surface area (Å²) in [4.78, 5) is 22.8. The molecule has 6 heteroatoms. The van der Waals surface area contributed by atoms with Crippen molar-refractivity contribution in [3.63, 3.8) is 0 Å². The molecule has 1 heterocycles. The van der Waals surface area contributed by atoms with Crippen LogP contribution in [-0.2, 0) is 22.4 Å². The molecule has 0 bridgehead atoms. The maximum Gasteiger partial charge on any atom is 0.322 e. The van der Waals surface area contributed by atoms with Crippen molar-refractivity contribution in [3.05, 3.63) is 17.5 Å². The van der Waals surface area contributed by atoms with E-state index in [1.807, 2.05) is 0 Å². The smallest absolute Gasteiger partial charge is 0.322 e. The van der Waals surface area contributed by atoms with Gasteiger partial charge >= 0.3 is 5.97 Å². The first-order valence-corrected chi connectivity index (χ1v) is 13.2. The summed E-state index contributed by atoms with van der Waals surface area (Å²) in [7, 11) is 0. The van der Waals surface area contributed by atoms with E-state index in [0.717, 1.165) is 30.1 Å².